The first-order valence-electron chi connectivity index (χ1n) is 9.75. The molecule has 0 amide bonds. The smallest absolute Gasteiger partial charge is 0.326 e. The number of anilines is 1. The van der Waals surface area contributed by atoms with Crippen LogP contribution in [0.2, 0.25) is 0 Å². The Bertz CT molecular complexity index is 1180. The van der Waals surface area contributed by atoms with E-state index in [1.165, 1.54) is 19.3 Å². The van der Waals surface area contributed by atoms with Crippen LogP contribution in [0.15, 0.2) is 16.0 Å². The Kier molecular flexibility index (Phi) is 4.10. The fourth-order valence-corrected chi connectivity index (χ4v) is 3.57. The van der Waals surface area contributed by atoms with Crippen LogP contribution >= 0.6 is 0 Å². The summed E-state index contributed by atoms with van der Waals surface area (Å²) in [6, 6.07) is 0.660. The summed E-state index contributed by atoms with van der Waals surface area (Å²) in [7, 11) is 0. The Labute approximate surface area is 159 Å². The lowest BCUT2D eigenvalue weighted by Crippen LogP contribution is -2.29. The molecule has 2 aliphatic rings. The van der Waals surface area contributed by atoms with Gasteiger partial charge in [-0.3, -0.25) is 4.98 Å². The van der Waals surface area contributed by atoms with E-state index in [4.69, 9.17) is 0 Å². The molecule has 0 unspecified atom stereocenters. The number of aromatic nitrogens is 6. The summed E-state index contributed by atoms with van der Waals surface area (Å²) < 4.78 is 1.61. The Hall–Kier alpha value is -3.17. The van der Waals surface area contributed by atoms with Gasteiger partial charge in [0.1, 0.15) is 5.69 Å². The number of hydrogen-bond donors (Lipinski definition) is 4. The second-order valence-electron chi connectivity index (χ2n) is 7.51. The van der Waals surface area contributed by atoms with Gasteiger partial charge >= 0.3 is 5.69 Å². The third kappa shape index (κ3) is 3.37. The molecule has 2 fully saturated rings. The number of aromatic amines is 2. The second-order valence-corrected chi connectivity index (χ2v) is 7.51. The molecule has 146 valence electrons. The van der Waals surface area contributed by atoms with E-state index in [-0.39, 0.29) is 11.6 Å². The Morgan fingerprint density at radius 3 is 2.71 bits per heavy atom. The summed E-state index contributed by atoms with van der Waals surface area (Å²) in [4.78, 5) is 30.2. The zero-order valence-corrected chi connectivity index (χ0v) is 15.4. The summed E-state index contributed by atoms with van der Waals surface area (Å²) in [6.45, 7) is 0. The van der Waals surface area contributed by atoms with Crippen molar-refractivity contribution in [2.45, 2.75) is 57.0 Å². The lowest BCUT2D eigenvalue weighted by molar-refractivity contribution is 0.454. The van der Waals surface area contributed by atoms with Crippen LogP contribution in [0, 0.1) is 0 Å². The van der Waals surface area contributed by atoms with E-state index in [2.05, 4.69) is 35.3 Å². The molecule has 4 N–H and O–H groups in total. The van der Waals surface area contributed by atoms with Crippen molar-refractivity contribution >= 4 is 17.7 Å². The Balaban J connectivity index is 1.63. The molecule has 0 aromatic carbocycles. The van der Waals surface area contributed by atoms with Gasteiger partial charge in [-0.2, -0.15) is 19.6 Å². The van der Waals surface area contributed by atoms with Gasteiger partial charge in [0, 0.05) is 11.3 Å². The Morgan fingerprint density at radius 2 is 2.00 bits per heavy atom. The van der Waals surface area contributed by atoms with E-state index in [1.807, 2.05) is 0 Å². The molecular weight excluding hydrogens is 360 g/mol. The molecule has 3 aromatic heterocycles. The maximum atomic E-state index is 11.4. The third-order valence-corrected chi connectivity index (χ3v) is 5.20. The highest BCUT2D eigenvalue weighted by atomic mass is 16.3. The number of fused-ring (bicyclic) bond motifs is 1. The number of hydrogen-bond acceptors (Lipinski definition) is 7. The van der Waals surface area contributed by atoms with Crippen molar-refractivity contribution in [2.24, 2.45) is 4.99 Å². The molecule has 2 saturated carbocycles. The van der Waals surface area contributed by atoms with E-state index < -0.39 is 5.69 Å². The quantitative estimate of drug-likeness (QED) is 0.509. The number of rotatable bonds is 4. The molecule has 28 heavy (non-hydrogen) atoms. The minimum Gasteiger partial charge on any atom is -0.493 e. The predicted octanol–water partition coefficient (Wildman–Crippen LogP) is 0.202. The zero-order valence-electron chi connectivity index (χ0n) is 15.4. The SMILES string of the molecule is O=c1[nH]c(O)c(/C=c2\cnn3c(=NC4CC4)nc(NC4CCCCC4)nc23)[nH]1. The molecule has 2 aliphatic carbocycles. The first-order valence-corrected chi connectivity index (χ1v) is 9.75. The number of H-pyrrole nitrogens is 2. The van der Waals surface area contributed by atoms with Crippen molar-refractivity contribution in [2.75, 3.05) is 5.32 Å². The van der Waals surface area contributed by atoms with E-state index in [9.17, 15) is 9.90 Å². The number of aromatic hydroxyl groups is 1. The fourth-order valence-electron chi connectivity index (χ4n) is 3.57. The van der Waals surface area contributed by atoms with Gasteiger partial charge in [-0.1, -0.05) is 19.3 Å². The average molecular weight is 382 g/mol. The van der Waals surface area contributed by atoms with Gasteiger partial charge in [0.15, 0.2) is 5.65 Å². The molecule has 3 heterocycles. The third-order valence-electron chi connectivity index (χ3n) is 5.20. The van der Waals surface area contributed by atoms with Crippen LogP contribution in [-0.4, -0.2) is 46.7 Å². The van der Waals surface area contributed by atoms with Crippen molar-refractivity contribution in [1.82, 2.24) is 29.5 Å². The van der Waals surface area contributed by atoms with Gasteiger partial charge in [-0.05, 0) is 31.8 Å². The Morgan fingerprint density at radius 1 is 1.18 bits per heavy atom. The molecular formula is C18H22N8O2. The number of nitrogens with one attached hydrogen (secondary N) is 3. The van der Waals surface area contributed by atoms with Gasteiger partial charge in [0.05, 0.1) is 12.2 Å². The van der Waals surface area contributed by atoms with E-state index in [0.717, 1.165) is 25.7 Å². The molecule has 0 aliphatic heterocycles. The molecule has 3 aromatic rings. The van der Waals surface area contributed by atoms with Crippen LogP contribution in [0.1, 0.15) is 50.6 Å². The van der Waals surface area contributed by atoms with Crippen molar-refractivity contribution in [1.29, 1.82) is 0 Å². The van der Waals surface area contributed by atoms with Crippen molar-refractivity contribution in [3.8, 4) is 5.88 Å². The lowest BCUT2D eigenvalue weighted by atomic mass is 9.96. The van der Waals surface area contributed by atoms with Crippen LogP contribution in [0.3, 0.4) is 0 Å². The molecule has 0 radical (unpaired) electrons. The van der Waals surface area contributed by atoms with Crippen molar-refractivity contribution in [3.63, 3.8) is 0 Å². The maximum absolute atomic E-state index is 11.4. The predicted molar refractivity (Wildman–Crippen MR) is 102 cm³/mol. The van der Waals surface area contributed by atoms with Gasteiger partial charge < -0.3 is 15.4 Å². The fraction of sp³-hybridized carbons (Fsp3) is 0.500. The standard InChI is InChI=1S/C18H22N8O2/c27-15-13(22-18(28)24-15)8-10-9-19-26-14(10)23-16(20-11-4-2-1-3-5-11)25-17(26)21-12-6-7-12/h8-9,11-12,27H,1-7H2,(H,20,21,25)(H2,22,24,28)/b10-8+. The summed E-state index contributed by atoms with van der Waals surface area (Å²) in [5.74, 6) is 0.322. The first kappa shape index (κ1) is 17.0. The van der Waals surface area contributed by atoms with Crippen LogP contribution in [-0.2, 0) is 0 Å². The van der Waals surface area contributed by atoms with Crippen molar-refractivity contribution in [3.05, 3.63) is 33.2 Å². The average Bonchev–Trinajstić information content (AvgIpc) is 3.32. The monoisotopic (exact) mass is 382 g/mol. The van der Waals surface area contributed by atoms with Gasteiger partial charge in [-0.25, -0.2) is 9.79 Å². The molecule has 0 atom stereocenters. The normalized spacial score (nSPS) is 19.6. The van der Waals surface area contributed by atoms with E-state index in [0.29, 0.717) is 34.5 Å². The minimum atomic E-state index is -0.473. The van der Waals surface area contributed by atoms with E-state index in [1.54, 1.807) is 16.8 Å². The summed E-state index contributed by atoms with van der Waals surface area (Å²) in [5.41, 5.74) is 0.909. The largest absolute Gasteiger partial charge is 0.493 e. The number of nitrogens with zero attached hydrogens (tertiary/aromatic N) is 5. The maximum Gasteiger partial charge on any atom is 0.326 e. The van der Waals surface area contributed by atoms with Crippen LogP contribution < -0.4 is 21.8 Å². The minimum absolute atomic E-state index is 0.221. The highest BCUT2D eigenvalue weighted by Gasteiger charge is 2.21. The van der Waals surface area contributed by atoms with Gasteiger partial charge in [0.25, 0.3) is 5.62 Å². The van der Waals surface area contributed by atoms with Gasteiger partial charge in [-0.15, -0.1) is 0 Å². The zero-order chi connectivity index (χ0) is 19.1. The molecule has 10 nitrogen and oxygen atoms in total. The molecule has 0 spiro atoms. The van der Waals surface area contributed by atoms with E-state index >= 15 is 0 Å². The van der Waals surface area contributed by atoms with Gasteiger partial charge in [0.2, 0.25) is 11.8 Å². The van der Waals surface area contributed by atoms with Crippen molar-refractivity contribution < 1.29 is 5.11 Å². The molecule has 10 heteroatoms. The topological polar surface area (TPSA) is 136 Å². The van der Waals surface area contributed by atoms with Crippen LogP contribution in [0.5, 0.6) is 5.88 Å². The molecule has 5 rings (SSSR count). The number of imidazole rings is 1. The summed E-state index contributed by atoms with van der Waals surface area (Å²) in [6.07, 6.45) is 11.3. The second kappa shape index (κ2) is 6.77. The summed E-state index contributed by atoms with van der Waals surface area (Å²) in [5, 5.41) is 18.3. The first-order chi connectivity index (χ1) is 13.7. The highest BCUT2D eigenvalue weighted by Crippen LogP contribution is 2.22. The molecule has 0 saturated heterocycles. The van der Waals surface area contributed by atoms with Crippen LogP contribution in [0.4, 0.5) is 5.95 Å². The van der Waals surface area contributed by atoms with Crippen LogP contribution in [0.25, 0.3) is 11.7 Å². The highest BCUT2D eigenvalue weighted by molar-refractivity contribution is 5.57. The lowest BCUT2D eigenvalue weighted by Gasteiger charge is -2.22. The molecule has 0 bridgehead atoms. The summed E-state index contributed by atoms with van der Waals surface area (Å²) >= 11 is 0.